The first-order valence-electron chi connectivity index (χ1n) is 14.5. The molecule has 0 radical (unpaired) electrons. The van der Waals surface area contributed by atoms with Crippen molar-refractivity contribution in [1.82, 2.24) is 10.6 Å². The average molecular weight is 658 g/mol. The second kappa shape index (κ2) is 15.3. The van der Waals surface area contributed by atoms with Crippen LogP contribution in [0.25, 0.3) is 11.1 Å². The summed E-state index contributed by atoms with van der Waals surface area (Å²) in [5.74, 6) is -0.448. The van der Waals surface area contributed by atoms with Gasteiger partial charge in [-0.1, -0.05) is 82.7 Å². The Morgan fingerprint density at radius 3 is 2.07 bits per heavy atom. The van der Waals surface area contributed by atoms with Crippen LogP contribution in [0.5, 0.6) is 5.75 Å². The third-order valence-corrected chi connectivity index (χ3v) is 7.11. The molecule has 0 bridgehead atoms. The topological polar surface area (TPSA) is 93.7 Å². The van der Waals surface area contributed by atoms with Gasteiger partial charge in [-0.3, -0.25) is 14.4 Å². The van der Waals surface area contributed by atoms with Gasteiger partial charge in [-0.25, -0.2) is 0 Å². The molecule has 0 spiro atoms. The summed E-state index contributed by atoms with van der Waals surface area (Å²) in [6.07, 6.45) is 0.0951. The monoisotopic (exact) mass is 656 g/mol. The van der Waals surface area contributed by atoms with E-state index >= 15 is 0 Å². The van der Waals surface area contributed by atoms with E-state index in [2.05, 4.69) is 26.6 Å². The van der Waals surface area contributed by atoms with E-state index in [-0.39, 0.29) is 18.7 Å². The number of carbonyl (C=O) groups excluding carboxylic acids is 3. The number of hydrogen-bond donors (Lipinski definition) is 2. The molecule has 0 saturated heterocycles. The van der Waals surface area contributed by atoms with Crippen LogP contribution in [0.15, 0.2) is 108 Å². The van der Waals surface area contributed by atoms with Crippen molar-refractivity contribution in [1.29, 1.82) is 0 Å². The van der Waals surface area contributed by atoms with Crippen LogP contribution in [0.3, 0.4) is 0 Å². The molecule has 4 aromatic rings. The Kier molecular flexibility index (Phi) is 11.3. The van der Waals surface area contributed by atoms with Crippen LogP contribution in [-0.2, 0) is 27.5 Å². The molecule has 0 fully saturated rings. The van der Waals surface area contributed by atoms with Gasteiger partial charge < -0.3 is 20.1 Å². The molecule has 8 heteroatoms. The molecule has 0 aliphatic carbocycles. The van der Waals surface area contributed by atoms with Gasteiger partial charge in [-0.05, 0) is 85.8 Å². The highest BCUT2D eigenvalue weighted by atomic mass is 79.9. The summed E-state index contributed by atoms with van der Waals surface area (Å²) in [5.41, 5.74) is 3.67. The van der Waals surface area contributed by atoms with Crippen molar-refractivity contribution in [3.8, 4) is 16.9 Å². The number of carbonyl (C=O) groups is 3. The summed E-state index contributed by atoms with van der Waals surface area (Å²) in [6, 6.07) is 31.5. The Balaban J connectivity index is 1.37. The van der Waals surface area contributed by atoms with Gasteiger partial charge in [-0.15, -0.1) is 0 Å². The van der Waals surface area contributed by atoms with Gasteiger partial charge >= 0.3 is 5.97 Å². The lowest BCUT2D eigenvalue weighted by molar-refractivity contribution is -0.155. The molecule has 4 rings (SSSR count). The van der Waals surface area contributed by atoms with Crippen molar-refractivity contribution in [3.05, 3.63) is 124 Å². The van der Waals surface area contributed by atoms with Gasteiger partial charge in [0.25, 0.3) is 5.91 Å². The fourth-order valence-electron chi connectivity index (χ4n) is 4.42. The Hall–Kier alpha value is -4.43. The number of nitrogens with one attached hydrogen (secondary N) is 2. The first-order chi connectivity index (χ1) is 21.1. The molecule has 2 N–H and O–H groups in total. The third-order valence-electron chi connectivity index (χ3n) is 6.62. The average Bonchev–Trinajstić information content (AvgIpc) is 3.01. The number of hydrogen-bond acceptors (Lipinski definition) is 5. The van der Waals surface area contributed by atoms with Crippen LogP contribution in [0.2, 0.25) is 0 Å². The zero-order chi connectivity index (χ0) is 31.5. The van der Waals surface area contributed by atoms with Crippen LogP contribution in [0.4, 0.5) is 0 Å². The lowest BCUT2D eigenvalue weighted by Gasteiger charge is -2.21. The lowest BCUT2D eigenvalue weighted by Crippen LogP contribution is -2.47. The smallest absolute Gasteiger partial charge is 0.306 e. The van der Waals surface area contributed by atoms with Gasteiger partial charge in [0.15, 0.2) is 0 Å². The molecule has 0 aromatic heterocycles. The Labute approximate surface area is 267 Å². The molecule has 0 unspecified atom stereocenters. The molecule has 0 aliphatic rings. The summed E-state index contributed by atoms with van der Waals surface area (Å²) >= 11 is 3.48. The molecule has 44 heavy (non-hydrogen) atoms. The minimum Gasteiger partial charge on any atom is -0.489 e. The largest absolute Gasteiger partial charge is 0.489 e. The number of halogens is 1. The standard InChI is InChI=1S/C36H37BrN2O5/c1-36(2,3)44-33(40)21-20-32(35(42)38-23-25-8-5-4-6-9-25)39-34(41)29-14-12-27(13-15-29)28-16-18-31(19-17-28)43-24-26-10-7-11-30(37)22-26/h4-19,22,32H,20-21,23-24H2,1-3H3,(H,38,42)(H,39,41)/t32-/m0/s1. The van der Waals surface area contributed by atoms with Gasteiger partial charge in [0, 0.05) is 23.0 Å². The maximum atomic E-state index is 13.2. The van der Waals surface area contributed by atoms with Crippen molar-refractivity contribution in [2.24, 2.45) is 0 Å². The van der Waals surface area contributed by atoms with Crippen molar-refractivity contribution >= 4 is 33.7 Å². The molecule has 0 saturated carbocycles. The van der Waals surface area contributed by atoms with Crippen molar-refractivity contribution in [3.63, 3.8) is 0 Å². The molecule has 7 nitrogen and oxygen atoms in total. The normalized spacial score (nSPS) is 11.7. The van der Waals surface area contributed by atoms with Crippen LogP contribution in [0, 0.1) is 0 Å². The lowest BCUT2D eigenvalue weighted by atomic mass is 10.0. The zero-order valence-electron chi connectivity index (χ0n) is 25.1. The number of esters is 1. The summed E-state index contributed by atoms with van der Waals surface area (Å²) in [6.45, 7) is 6.13. The zero-order valence-corrected chi connectivity index (χ0v) is 26.7. The fraction of sp³-hybridized carbons (Fsp3) is 0.250. The SMILES string of the molecule is CC(C)(C)OC(=O)CC[C@H](NC(=O)c1ccc(-c2ccc(OCc3cccc(Br)c3)cc2)cc1)C(=O)NCc1ccccc1. The van der Waals surface area contributed by atoms with E-state index in [1.165, 1.54) is 0 Å². The summed E-state index contributed by atoms with van der Waals surface area (Å²) in [7, 11) is 0. The Morgan fingerprint density at radius 2 is 1.43 bits per heavy atom. The predicted molar refractivity (Wildman–Crippen MR) is 175 cm³/mol. The molecular formula is C36H37BrN2O5. The molecule has 2 amide bonds. The minimum absolute atomic E-state index is 0.0114. The maximum Gasteiger partial charge on any atom is 0.306 e. The van der Waals surface area contributed by atoms with Gasteiger partial charge in [0.1, 0.15) is 24.0 Å². The van der Waals surface area contributed by atoms with Crippen LogP contribution >= 0.6 is 15.9 Å². The van der Waals surface area contributed by atoms with E-state index in [1.54, 1.807) is 32.9 Å². The maximum absolute atomic E-state index is 13.2. The van der Waals surface area contributed by atoms with E-state index < -0.39 is 23.5 Å². The van der Waals surface area contributed by atoms with E-state index in [4.69, 9.17) is 9.47 Å². The summed E-state index contributed by atoms with van der Waals surface area (Å²) in [5, 5.41) is 5.67. The van der Waals surface area contributed by atoms with Crippen LogP contribution in [0.1, 0.15) is 55.1 Å². The van der Waals surface area contributed by atoms with E-state index in [0.717, 1.165) is 32.5 Å². The van der Waals surface area contributed by atoms with Crippen LogP contribution in [-0.4, -0.2) is 29.4 Å². The highest BCUT2D eigenvalue weighted by Gasteiger charge is 2.24. The quantitative estimate of drug-likeness (QED) is 0.157. The fourth-order valence-corrected chi connectivity index (χ4v) is 4.87. The molecule has 1 atom stereocenters. The van der Waals surface area contributed by atoms with Gasteiger partial charge in [0.05, 0.1) is 0 Å². The first kappa shape index (κ1) is 32.5. The minimum atomic E-state index is -0.914. The van der Waals surface area contributed by atoms with Crippen molar-refractivity contribution in [2.75, 3.05) is 0 Å². The predicted octanol–water partition coefficient (Wildman–Crippen LogP) is 7.23. The molecule has 0 heterocycles. The number of amides is 2. The van der Waals surface area contributed by atoms with Crippen molar-refractivity contribution in [2.45, 2.75) is 58.4 Å². The second-order valence-electron chi connectivity index (χ2n) is 11.4. The van der Waals surface area contributed by atoms with Crippen molar-refractivity contribution < 1.29 is 23.9 Å². The summed E-state index contributed by atoms with van der Waals surface area (Å²) < 4.78 is 12.3. The first-order valence-corrected chi connectivity index (χ1v) is 15.3. The highest BCUT2D eigenvalue weighted by Crippen LogP contribution is 2.24. The number of benzene rings is 4. The van der Waals surface area contributed by atoms with E-state index in [1.807, 2.05) is 91.0 Å². The Bertz CT molecular complexity index is 1550. The van der Waals surface area contributed by atoms with E-state index in [9.17, 15) is 14.4 Å². The molecule has 0 aliphatic heterocycles. The molecular weight excluding hydrogens is 620 g/mol. The van der Waals surface area contributed by atoms with Crippen LogP contribution < -0.4 is 15.4 Å². The van der Waals surface area contributed by atoms with E-state index in [0.29, 0.717) is 18.7 Å². The number of rotatable bonds is 12. The second-order valence-corrected chi connectivity index (χ2v) is 12.3. The third kappa shape index (κ3) is 10.4. The molecule has 228 valence electrons. The Morgan fingerprint density at radius 1 is 0.795 bits per heavy atom. The number of ether oxygens (including phenoxy) is 2. The van der Waals surface area contributed by atoms with Gasteiger partial charge in [0.2, 0.25) is 5.91 Å². The highest BCUT2D eigenvalue weighted by molar-refractivity contribution is 9.10. The molecule has 4 aromatic carbocycles. The summed E-state index contributed by atoms with van der Waals surface area (Å²) in [4.78, 5) is 38.6. The van der Waals surface area contributed by atoms with Gasteiger partial charge in [-0.2, -0.15) is 0 Å².